The van der Waals surface area contributed by atoms with Crippen molar-refractivity contribution >= 4 is 12.0 Å². The third-order valence-corrected chi connectivity index (χ3v) is 1.15. The molecule has 0 N–H and O–H groups in total. The maximum Gasteiger partial charge on any atom is 0.330 e. The predicted molar refractivity (Wildman–Crippen MR) is 42.2 cm³/mol. The second kappa shape index (κ2) is 4.33. The molecule has 0 saturated carbocycles. The molecule has 0 unspecified atom stereocenters. The predicted octanol–water partition coefficient (Wildman–Crippen LogP) is 1.25. The lowest BCUT2D eigenvalue weighted by molar-refractivity contribution is -0.137. The molecular weight excluding hydrogens is 158 g/mol. The Labute approximate surface area is 69.8 Å². The van der Waals surface area contributed by atoms with E-state index >= 15 is 0 Å². The third kappa shape index (κ3) is 2.57. The summed E-state index contributed by atoms with van der Waals surface area (Å²) in [6, 6.07) is 0. The van der Waals surface area contributed by atoms with E-state index in [1.54, 1.807) is 13.0 Å². The summed E-state index contributed by atoms with van der Waals surface area (Å²) in [7, 11) is 0. The molecule has 0 spiro atoms. The van der Waals surface area contributed by atoms with Crippen LogP contribution in [-0.4, -0.2) is 17.7 Å². The van der Waals surface area contributed by atoms with Crippen LogP contribution in [0.3, 0.4) is 0 Å². The second-order valence-electron chi connectivity index (χ2n) is 2.04. The number of esters is 1. The first-order valence-corrected chi connectivity index (χ1v) is 3.57. The molecule has 0 amide bonds. The molecule has 1 aromatic heterocycles. The SMILES string of the molecule is CCOC(=O)/C=C/c1cnoc1. The van der Waals surface area contributed by atoms with Gasteiger partial charge in [-0.1, -0.05) is 5.16 Å². The van der Waals surface area contributed by atoms with Crippen LogP contribution in [0.1, 0.15) is 12.5 Å². The van der Waals surface area contributed by atoms with E-state index in [2.05, 4.69) is 14.4 Å². The molecular formula is C8H9NO3. The number of carbonyl (C=O) groups excluding carboxylic acids is 1. The van der Waals surface area contributed by atoms with Crippen LogP contribution < -0.4 is 0 Å². The average molecular weight is 167 g/mol. The summed E-state index contributed by atoms with van der Waals surface area (Å²) in [6.07, 6.45) is 5.86. The van der Waals surface area contributed by atoms with Gasteiger partial charge in [0.25, 0.3) is 0 Å². The largest absolute Gasteiger partial charge is 0.463 e. The van der Waals surface area contributed by atoms with Crippen LogP contribution in [-0.2, 0) is 9.53 Å². The molecule has 0 fully saturated rings. The van der Waals surface area contributed by atoms with Crippen molar-refractivity contribution in [3.05, 3.63) is 24.1 Å². The minimum atomic E-state index is -0.362. The molecule has 12 heavy (non-hydrogen) atoms. The lowest BCUT2D eigenvalue weighted by Gasteiger charge is -1.92. The summed E-state index contributed by atoms with van der Waals surface area (Å²) in [5.41, 5.74) is 0.739. The van der Waals surface area contributed by atoms with Crippen LogP contribution in [0.25, 0.3) is 6.08 Å². The molecule has 0 radical (unpaired) electrons. The summed E-state index contributed by atoms with van der Waals surface area (Å²) < 4.78 is 9.22. The first-order valence-electron chi connectivity index (χ1n) is 3.57. The first-order chi connectivity index (χ1) is 5.83. The Kier molecular flexibility index (Phi) is 3.07. The van der Waals surface area contributed by atoms with Crippen molar-refractivity contribution in [1.29, 1.82) is 0 Å². The highest BCUT2D eigenvalue weighted by atomic mass is 16.5. The van der Waals surface area contributed by atoms with E-state index in [9.17, 15) is 4.79 Å². The Balaban J connectivity index is 2.45. The number of hydrogen-bond donors (Lipinski definition) is 0. The van der Waals surface area contributed by atoms with Crippen LogP contribution in [0, 0.1) is 0 Å². The third-order valence-electron chi connectivity index (χ3n) is 1.15. The van der Waals surface area contributed by atoms with Gasteiger partial charge in [-0.3, -0.25) is 0 Å². The number of carbonyl (C=O) groups is 1. The molecule has 0 aromatic carbocycles. The van der Waals surface area contributed by atoms with Gasteiger partial charge in [-0.25, -0.2) is 4.79 Å². The highest BCUT2D eigenvalue weighted by molar-refractivity contribution is 5.86. The van der Waals surface area contributed by atoms with Crippen molar-refractivity contribution in [2.24, 2.45) is 0 Å². The van der Waals surface area contributed by atoms with Crippen molar-refractivity contribution in [1.82, 2.24) is 5.16 Å². The molecule has 0 aliphatic carbocycles. The molecule has 1 rings (SSSR count). The Morgan fingerprint density at radius 2 is 2.67 bits per heavy atom. The molecule has 64 valence electrons. The van der Waals surface area contributed by atoms with E-state index in [0.717, 1.165) is 5.56 Å². The van der Waals surface area contributed by atoms with Crippen LogP contribution in [0.5, 0.6) is 0 Å². The monoisotopic (exact) mass is 167 g/mol. The standard InChI is InChI=1S/C8H9NO3/c1-2-11-8(10)4-3-7-5-9-12-6-7/h3-6H,2H2,1H3/b4-3+. The second-order valence-corrected chi connectivity index (χ2v) is 2.04. The Morgan fingerprint density at radius 3 is 3.25 bits per heavy atom. The molecule has 0 aliphatic rings. The zero-order chi connectivity index (χ0) is 8.81. The quantitative estimate of drug-likeness (QED) is 0.502. The van der Waals surface area contributed by atoms with E-state index in [-0.39, 0.29) is 5.97 Å². The fourth-order valence-electron chi connectivity index (χ4n) is 0.650. The van der Waals surface area contributed by atoms with Gasteiger partial charge in [-0.15, -0.1) is 0 Å². The van der Waals surface area contributed by atoms with Crippen molar-refractivity contribution in [2.45, 2.75) is 6.92 Å². The maximum atomic E-state index is 10.8. The van der Waals surface area contributed by atoms with Gasteiger partial charge in [-0.05, 0) is 13.0 Å². The minimum Gasteiger partial charge on any atom is -0.463 e. The van der Waals surface area contributed by atoms with Gasteiger partial charge in [0.05, 0.1) is 12.8 Å². The average Bonchev–Trinajstić information content (AvgIpc) is 2.53. The lowest BCUT2D eigenvalue weighted by Crippen LogP contribution is -1.98. The van der Waals surface area contributed by atoms with Crippen molar-refractivity contribution in [2.75, 3.05) is 6.61 Å². The molecule has 4 heteroatoms. The zero-order valence-electron chi connectivity index (χ0n) is 6.69. The lowest BCUT2D eigenvalue weighted by atomic mass is 10.3. The van der Waals surface area contributed by atoms with Gasteiger partial charge < -0.3 is 9.26 Å². The molecule has 0 saturated heterocycles. The zero-order valence-corrected chi connectivity index (χ0v) is 6.69. The maximum absolute atomic E-state index is 10.8. The van der Waals surface area contributed by atoms with Gasteiger partial charge >= 0.3 is 5.97 Å². The van der Waals surface area contributed by atoms with Crippen LogP contribution in [0.2, 0.25) is 0 Å². The number of rotatable bonds is 3. The van der Waals surface area contributed by atoms with E-state index in [1.165, 1.54) is 18.5 Å². The van der Waals surface area contributed by atoms with Gasteiger partial charge in [0.15, 0.2) is 0 Å². The number of nitrogens with zero attached hydrogens (tertiary/aromatic N) is 1. The normalized spacial score (nSPS) is 10.4. The molecule has 1 aromatic rings. The summed E-state index contributed by atoms with van der Waals surface area (Å²) >= 11 is 0. The van der Waals surface area contributed by atoms with E-state index in [4.69, 9.17) is 0 Å². The van der Waals surface area contributed by atoms with E-state index in [1.807, 2.05) is 0 Å². The highest BCUT2D eigenvalue weighted by Gasteiger charge is 1.94. The number of aromatic nitrogens is 1. The molecule has 0 aliphatic heterocycles. The van der Waals surface area contributed by atoms with Gasteiger partial charge in [0, 0.05) is 11.6 Å². The first kappa shape index (κ1) is 8.52. The van der Waals surface area contributed by atoms with Gasteiger partial charge in [0.1, 0.15) is 6.26 Å². The fraction of sp³-hybridized carbons (Fsp3) is 0.250. The Morgan fingerprint density at radius 1 is 1.83 bits per heavy atom. The highest BCUT2D eigenvalue weighted by Crippen LogP contribution is 1.99. The number of hydrogen-bond acceptors (Lipinski definition) is 4. The van der Waals surface area contributed by atoms with Crippen molar-refractivity contribution in [3.8, 4) is 0 Å². The van der Waals surface area contributed by atoms with E-state index < -0.39 is 0 Å². The van der Waals surface area contributed by atoms with Crippen molar-refractivity contribution < 1.29 is 14.1 Å². The van der Waals surface area contributed by atoms with Crippen LogP contribution >= 0.6 is 0 Å². The summed E-state index contributed by atoms with van der Waals surface area (Å²) in [5, 5.41) is 3.47. The topological polar surface area (TPSA) is 52.3 Å². The van der Waals surface area contributed by atoms with Gasteiger partial charge in [-0.2, -0.15) is 0 Å². The minimum absolute atomic E-state index is 0.362. The van der Waals surface area contributed by atoms with Crippen LogP contribution in [0.4, 0.5) is 0 Å². The van der Waals surface area contributed by atoms with E-state index in [0.29, 0.717) is 6.61 Å². The van der Waals surface area contributed by atoms with Crippen LogP contribution in [0.15, 0.2) is 23.1 Å². The molecule has 4 nitrogen and oxygen atoms in total. The summed E-state index contributed by atoms with van der Waals surface area (Å²) in [6.45, 7) is 2.14. The number of ether oxygens (including phenoxy) is 1. The van der Waals surface area contributed by atoms with Crippen molar-refractivity contribution in [3.63, 3.8) is 0 Å². The summed E-state index contributed by atoms with van der Waals surface area (Å²) in [4.78, 5) is 10.8. The Bertz CT molecular complexity index is 264. The Hall–Kier alpha value is -1.58. The molecule has 0 atom stereocenters. The van der Waals surface area contributed by atoms with Gasteiger partial charge in [0.2, 0.25) is 0 Å². The molecule has 1 heterocycles. The molecule has 0 bridgehead atoms. The smallest absolute Gasteiger partial charge is 0.330 e. The fourth-order valence-corrected chi connectivity index (χ4v) is 0.650. The summed E-state index contributed by atoms with van der Waals surface area (Å²) in [5.74, 6) is -0.362.